The zero-order valence-corrected chi connectivity index (χ0v) is 21.8. The average molecular weight is 929 g/mol. The molecular weight excluding hydrogens is 922 g/mol. The monoisotopic (exact) mass is 930 g/mol. The molecule has 0 saturated heterocycles. The van der Waals surface area contributed by atoms with Crippen molar-refractivity contribution in [2.75, 3.05) is 0 Å². The molecule has 69 valence electrons. The molecule has 13 heavy (non-hydrogen) atoms. The Morgan fingerprint density at radius 3 is 1.77 bits per heavy atom. The molecule has 0 aliphatic rings. The molecular formula is C7H7NW4Y-2. The van der Waals surface area contributed by atoms with E-state index in [0.29, 0.717) is 0 Å². The third-order valence-corrected chi connectivity index (χ3v) is 0.891. The first-order valence-corrected chi connectivity index (χ1v) is 2.52. The smallest absolute Gasteiger partial charge is 0 e. The Balaban J connectivity index is -0.0000000427. The number of nitrogens with zero attached hydrogens (tertiary/aromatic N) is 1. The molecule has 1 radical (unpaired) electrons. The van der Waals surface area contributed by atoms with Crippen LogP contribution in [0.1, 0.15) is 11.3 Å². The Hall–Kier alpha value is 3.01. The van der Waals surface area contributed by atoms with Gasteiger partial charge in [0.2, 0.25) is 0 Å². The largest absolute Gasteiger partial charge is 0.431 e. The van der Waals surface area contributed by atoms with Gasteiger partial charge >= 0.3 is 0 Å². The molecule has 1 nitrogen and oxygen atoms in total. The van der Waals surface area contributed by atoms with Gasteiger partial charge in [-0.2, -0.15) is 11.9 Å². The predicted molar refractivity (Wildman–Crippen MR) is 31.4 cm³/mol. The molecule has 1 heterocycles. The summed E-state index contributed by atoms with van der Waals surface area (Å²) in [5.41, 5.74) is 2.00. The van der Waals surface area contributed by atoms with Gasteiger partial charge in [0.1, 0.15) is 0 Å². The Morgan fingerprint density at radius 1 is 1.08 bits per heavy atom. The van der Waals surface area contributed by atoms with E-state index >= 15 is 0 Å². The van der Waals surface area contributed by atoms with Crippen LogP contribution >= 0.6 is 0 Å². The molecule has 0 amide bonds. The number of aryl methyl sites for hydroxylation is 2. The van der Waals surface area contributed by atoms with Gasteiger partial charge in [-0.3, -0.25) is 0 Å². The molecule has 0 N–H and O–H groups in total. The fraction of sp³-hybridized carbons (Fsp3) is 0.286. The van der Waals surface area contributed by atoms with E-state index in [1.54, 1.807) is 0 Å². The van der Waals surface area contributed by atoms with Crippen LogP contribution in [-0.4, -0.2) is 4.98 Å². The maximum Gasteiger partial charge on any atom is 0 e. The fourth-order valence-electron chi connectivity index (χ4n) is 0.575. The summed E-state index contributed by atoms with van der Waals surface area (Å²) in [4.78, 5) is 3.86. The van der Waals surface area contributed by atoms with Crippen molar-refractivity contribution in [3.63, 3.8) is 0 Å². The van der Waals surface area contributed by atoms with Crippen LogP contribution in [0.5, 0.6) is 0 Å². The summed E-state index contributed by atoms with van der Waals surface area (Å²) in [5.74, 6) is 0. The second-order valence-electron chi connectivity index (χ2n) is 1.78. The van der Waals surface area contributed by atoms with Crippen LogP contribution in [-0.2, 0) is 117 Å². The first kappa shape index (κ1) is 29.8. The van der Waals surface area contributed by atoms with E-state index in [-0.39, 0.29) is 117 Å². The summed E-state index contributed by atoms with van der Waals surface area (Å²) >= 11 is 0. The van der Waals surface area contributed by atoms with Crippen LogP contribution in [0.2, 0.25) is 0 Å². The second-order valence-corrected chi connectivity index (χ2v) is 1.78. The number of hydrogen-bond donors (Lipinski definition) is 0. The second kappa shape index (κ2) is 17.4. The van der Waals surface area contributed by atoms with E-state index in [1.807, 2.05) is 19.9 Å². The summed E-state index contributed by atoms with van der Waals surface area (Å²) < 4.78 is 0. The van der Waals surface area contributed by atoms with E-state index in [9.17, 15) is 0 Å². The van der Waals surface area contributed by atoms with Gasteiger partial charge in [-0.05, 0) is 0 Å². The van der Waals surface area contributed by atoms with Crippen LogP contribution in [0.3, 0.4) is 0 Å². The summed E-state index contributed by atoms with van der Waals surface area (Å²) in [6.45, 7) is 3.88. The van der Waals surface area contributed by atoms with Gasteiger partial charge in [0, 0.05) is 117 Å². The zero-order chi connectivity index (χ0) is 5.98. The molecule has 0 spiro atoms. The van der Waals surface area contributed by atoms with Gasteiger partial charge in [-0.25, -0.2) is 0 Å². The van der Waals surface area contributed by atoms with Gasteiger partial charge in [0.05, 0.1) is 0 Å². The van der Waals surface area contributed by atoms with Crippen LogP contribution in [0, 0.1) is 26.1 Å². The molecule has 0 aliphatic carbocycles. The first-order chi connectivity index (χ1) is 3.79. The molecule has 0 bridgehead atoms. The zero-order valence-electron chi connectivity index (χ0n) is 7.23. The Kier molecular flexibility index (Phi) is 39.8. The summed E-state index contributed by atoms with van der Waals surface area (Å²) in [7, 11) is 0. The quantitative estimate of drug-likeness (QED) is 0.358. The predicted octanol–water partition coefficient (Wildman–Crippen LogP) is 1.29. The molecule has 0 saturated carbocycles. The molecule has 6 heteroatoms. The van der Waals surface area contributed by atoms with Crippen molar-refractivity contribution in [3.05, 3.63) is 29.6 Å². The van der Waals surface area contributed by atoms with E-state index < -0.39 is 0 Å². The first-order valence-electron chi connectivity index (χ1n) is 2.52. The molecule has 1 aromatic heterocycles. The van der Waals surface area contributed by atoms with Gasteiger partial charge in [0.25, 0.3) is 0 Å². The van der Waals surface area contributed by atoms with Gasteiger partial charge < -0.3 is 22.7 Å². The molecule has 1 rings (SSSR count). The van der Waals surface area contributed by atoms with Gasteiger partial charge in [-0.15, -0.1) is 6.92 Å². The number of hydrogen-bond acceptors (Lipinski definition) is 1. The third-order valence-electron chi connectivity index (χ3n) is 0.891. The Morgan fingerprint density at radius 2 is 1.54 bits per heavy atom. The van der Waals surface area contributed by atoms with Crippen LogP contribution in [0.25, 0.3) is 0 Å². The van der Waals surface area contributed by atoms with Crippen molar-refractivity contribution in [3.8, 4) is 0 Å². The molecule has 0 atom stereocenters. The van der Waals surface area contributed by atoms with E-state index in [4.69, 9.17) is 0 Å². The van der Waals surface area contributed by atoms with Crippen molar-refractivity contribution in [1.29, 1.82) is 0 Å². The number of aromatic nitrogens is 1. The summed E-state index contributed by atoms with van der Waals surface area (Å²) in [6, 6.07) is 4.84. The van der Waals surface area contributed by atoms with Crippen molar-refractivity contribution < 1.29 is 117 Å². The van der Waals surface area contributed by atoms with Crippen molar-refractivity contribution in [1.82, 2.24) is 4.98 Å². The fourth-order valence-corrected chi connectivity index (χ4v) is 0.575. The minimum Gasteiger partial charge on any atom is -0.431 e. The van der Waals surface area contributed by atoms with Gasteiger partial charge in [0.15, 0.2) is 0 Å². The third kappa shape index (κ3) is 15.0. The van der Waals surface area contributed by atoms with Crippen LogP contribution in [0.4, 0.5) is 0 Å². The maximum absolute atomic E-state index is 3.86. The average Bonchev–Trinajstić information content (AvgIpc) is 1.64. The van der Waals surface area contributed by atoms with E-state index in [2.05, 4.69) is 17.2 Å². The molecule has 1 aromatic rings. The van der Waals surface area contributed by atoms with Gasteiger partial charge in [-0.1, -0.05) is 6.92 Å². The molecule has 0 fully saturated rings. The minimum atomic E-state index is 0. The molecule has 0 aliphatic heterocycles. The van der Waals surface area contributed by atoms with E-state index in [0.717, 1.165) is 11.3 Å². The summed E-state index contributed by atoms with van der Waals surface area (Å²) in [5, 5.41) is 0. The summed E-state index contributed by atoms with van der Waals surface area (Å²) in [6.07, 6.45) is 2.75. The van der Waals surface area contributed by atoms with Crippen molar-refractivity contribution >= 4 is 0 Å². The normalized spacial score (nSPS) is 5.69. The van der Waals surface area contributed by atoms with E-state index in [1.165, 1.54) is 0 Å². The minimum absolute atomic E-state index is 0. The standard InChI is InChI=1S/C7H7N.4W.Y/c1-6-3-4-8-7(2)5-6;;;;;/h3H,1-2H3;;;;;/q-2;;;;;. The SMILES string of the molecule is Cc1[c-]c(C)n[c-]c1.[W].[W].[W].[W].[Y]. The van der Waals surface area contributed by atoms with Crippen molar-refractivity contribution in [2.45, 2.75) is 13.8 Å². The Labute approximate surface area is 162 Å². The Bertz CT molecular complexity index is 180. The van der Waals surface area contributed by atoms with Crippen molar-refractivity contribution in [2.24, 2.45) is 0 Å². The maximum atomic E-state index is 3.86. The molecule has 0 aromatic carbocycles. The van der Waals surface area contributed by atoms with Crippen LogP contribution in [0.15, 0.2) is 6.07 Å². The topological polar surface area (TPSA) is 12.9 Å². The number of pyridine rings is 1. The van der Waals surface area contributed by atoms with Crippen LogP contribution < -0.4 is 0 Å². The molecule has 0 unspecified atom stereocenters. The number of rotatable bonds is 0.